The van der Waals surface area contributed by atoms with Crippen LogP contribution in [0.1, 0.15) is 38.5 Å². The summed E-state index contributed by atoms with van der Waals surface area (Å²) in [4.78, 5) is 40.4. The van der Waals surface area contributed by atoms with E-state index < -0.39 is 18.2 Å². The number of amides is 3. The highest BCUT2D eigenvalue weighted by molar-refractivity contribution is 6.00. The molecule has 2 fully saturated rings. The molecule has 0 saturated carbocycles. The van der Waals surface area contributed by atoms with Crippen molar-refractivity contribution in [2.45, 2.75) is 56.7 Å². The maximum absolute atomic E-state index is 13.1. The molecule has 1 aromatic carbocycles. The first-order valence-electron chi connectivity index (χ1n) is 9.13. The van der Waals surface area contributed by atoms with Crippen molar-refractivity contribution < 1.29 is 19.5 Å². The van der Waals surface area contributed by atoms with Gasteiger partial charge in [0.2, 0.25) is 11.8 Å². The van der Waals surface area contributed by atoms with Gasteiger partial charge in [0.15, 0.2) is 0 Å². The molecule has 7 nitrogen and oxygen atoms in total. The van der Waals surface area contributed by atoms with Crippen molar-refractivity contribution in [3.05, 3.63) is 30.3 Å². The van der Waals surface area contributed by atoms with Gasteiger partial charge in [-0.3, -0.25) is 9.59 Å². The first-order valence-corrected chi connectivity index (χ1v) is 9.13. The molecule has 140 valence electrons. The number of fused-ring (bicyclic) bond motifs is 1. The SMILES string of the molecule is CN(C(=O)[C@@H]1CC[C@@H]2CCCC[C@H](NC(=O)O)C(=O)N21)c1ccccc1. The molecule has 2 aliphatic heterocycles. The van der Waals surface area contributed by atoms with Crippen molar-refractivity contribution >= 4 is 23.6 Å². The number of nitrogens with zero attached hydrogens (tertiary/aromatic N) is 2. The van der Waals surface area contributed by atoms with E-state index >= 15 is 0 Å². The number of carbonyl (C=O) groups excluding carboxylic acids is 2. The fraction of sp³-hybridized carbons (Fsp3) is 0.526. The largest absolute Gasteiger partial charge is 0.465 e. The standard InChI is InChI=1S/C19H25N3O4/c1-21(13-7-3-2-4-8-13)18(24)16-12-11-14-9-5-6-10-15(20-19(25)26)17(23)22(14)16/h2-4,7-8,14-16,20H,5-6,9-12H2,1H3,(H,25,26)/t14-,15-,16-/m0/s1. The Morgan fingerprint density at radius 3 is 2.50 bits per heavy atom. The van der Waals surface area contributed by atoms with E-state index in [2.05, 4.69) is 5.32 Å². The van der Waals surface area contributed by atoms with Crippen LogP contribution >= 0.6 is 0 Å². The fourth-order valence-corrected chi connectivity index (χ4v) is 4.06. The summed E-state index contributed by atoms with van der Waals surface area (Å²) in [6.45, 7) is 0. The normalized spacial score (nSPS) is 25.8. The van der Waals surface area contributed by atoms with Gasteiger partial charge >= 0.3 is 6.09 Å². The van der Waals surface area contributed by atoms with Gasteiger partial charge in [-0.25, -0.2) is 4.79 Å². The number of anilines is 1. The third-order valence-corrected chi connectivity index (χ3v) is 5.39. The summed E-state index contributed by atoms with van der Waals surface area (Å²) in [6.07, 6.45) is 3.28. The number of para-hydroxylation sites is 1. The Bertz CT molecular complexity index is 679. The molecule has 0 unspecified atom stereocenters. The second kappa shape index (κ2) is 7.76. The van der Waals surface area contributed by atoms with Crippen LogP contribution < -0.4 is 10.2 Å². The second-order valence-electron chi connectivity index (χ2n) is 7.01. The third kappa shape index (κ3) is 3.66. The highest BCUT2D eigenvalue weighted by Gasteiger charge is 2.44. The van der Waals surface area contributed by atoms with Crippen LogP contribution in [0.3, 0.4) is 0 Å². The molecule has 3 atom stereocenters. The lowest BCUT2D eigenvalue weighted by Crippen LogP contribution is -2.56. The molecule has 1 aromatic rings. The maximum atomic E-state index is 13.1. The number of hydrogen-bond acceptors (Lipinski definition) is 3. The van der Waals surface area contributed by atoms with Gasteiger partial charge in [-0.05, 0) is 37.8 Å². The molecule has 0 radical (unpaired) electrons. The predicted molar refractivity (Wildman–Crippen MR) is 96.9 cm³/mol. The topological polar surface area (TPSA) is 90.0 Å². The number of carbonyl (C=O) groups is 3. The summed E-state index contributed by atoms with van der Waals surface area (Å²) in [5, 5.41) is 11.4. The second-order valence-corrected chi connectivity index (χ2v) is 7.01. The molecule has 7 heteroatoms. The van der Waals surface area contributed by atoms with Gasteiger partial charge in [-0.1, -0.05) is 31.0 Å². The fourth-order valence-electron chi connectivity index (χ4n) is 4.06. The van der Waals surface area contributed by atoms with Crippen LogP contribution in [0.4, 0.5) is 10.5 Å². The quantitative estimate of drug-likeness (QED) is 0.866. The molecule has 0 bridgehead atoms. The predicted octanol–water partition coefficient (Wildman–Crippen LogP) is 2.22. The van der Waals surface area contributed by atoms with E-state index in [9.17, 15) is 14.4 Å². The van der Waals surface area contributed by atoms with Crippen molar-refractivity contribution in [1.29, 1.82) is 0 Å². The average Bonchev–Trinajstić information content (AvgIpc) is 3.05. The molecule has 2 N–H and O–H groups in total. The number of likely N-dealkylation sites (N-methyl/N-ethyl adjacent to an activating group) is 1. The lowest BCUT2D eigenvalue weighted by atomic mass is 9.99. The summed E-state index contributed by atoms with van der Waals surface area (Å²) >= 11 is 0. The summed E-state index contributed by atoms with van der Waals surface area (Å²) in [7, 11) is 1.71. The van der Waals surface area contributed by atoms with Gasteiger partial charge < -0.3 is 20.2 Å². The number of hydrogen-bond donors (Lipinski definition) is 2. The summed E-state index contributed by atoms with van der Waals surface area (Å²) < 4.78 is 0. The average molecular weight is 359 g/mol. The molecule has 0 spiro atoms. The molecule has 2 aliphatic rings. The number of nitrogens with one attached hydrogen (secondary N) is 1. The van der Waals surface area contributed by atoms with Crippen LogP contribution in [0.25, 0.3) is 0 Å². The van der Waals surface area contributed by atoms with E-state index in [-0.39, 0.29) is 17.9 Å². The summed E-state index contributed by atoms with van der Waals surface area (Å²) in [5.74, 6) is -0.392. The highest BCUT2D eigenvalue weighted by atomic mass is 16.4. The van der Waals surface area contributed by atoms with Crippen molar-refractivity contribution in [1.82, 2.24) is 10.2 Å². The van der Waals surface area contributed by atoms with Gasteiger partial charge in [0.25, 0.3) is 0 Å². The number of benzene rings is 1. The molecule has 0 aliphatic carbocycles. The Hall–Kier alpha value is -2.57. The molecule has 2 heterocycles. The Kier molecular flexibility index (Phi) is 5.44. The zero-order valence-corrected chi connectivity index (χ0v) is 14.9. The maximum Gasteiger partial charge on any atom is 0.405 e. The van der Waals surface area contributed by atoms with E-state index in [1.807, 2.05) is 30.3 Å². The number of rotatable bonds is 3. The molecule has 0 aromatic heterocycles. The van der Waals surface area contributed by atoms with Crippen LogP contribution in [0.2, 0.25) is 0 Å². The molecule has 2 saturated heterocycles. The molecule has 3 amide bonds. The van der Waals surface area contributed by atoms with Crippen LogP contribution in [0, 0.1) is 0 Å². The van der Waals surface area contributed by atoms with Crippen LogP contribution in [0.5, 0.6) is 0 Å². The minimum atomic E-state index is -1.20. The van der Waals surface area contributed by atoms with Gasteiger partial charge in [0, 0.05) is 18.8 Å². The van der Waals surface area contributed by atoms with Crippen molar-refractivity contribution in [3.8, 4) is 0 Å². The van der Waals surface area contributed by atoms with E-state index in [0.717, 1.165) is 31.4 Å². The van der Waals surface area contributed by atoms with Crippen molar-refractivity contribution in [2.75, 3.05) is 11.9 Å². The minimum absolute atomic E-state index is 0.0130. The van der Waals surface area contributed by atoms with Crippen molar-refractivity contribution in [3.63, 3.8) is 0 Å². The first-order chi connectivity index (χ1) is 12.5. The van der Waals surface area contributed by atoms with Gasteiger partial charge in [-0.2, -0.15) is 0 Å². The molecular weight excluding hydrogens is 334 g/mol. The summed E-state index contributed by atoms with van der Waals surface area (Å²) in [6, 6.07) is 8.04. The Balaban J connectivity index is 1.82. The van der Waals surface area contributed by atoms with E-state index in [4.69, 9.17) is 5.11 Å². The number of carboxylic acid groups (broad SMARTS) is 1. The van der Waals surface area contributed by atoms with E-state index in [1.54, 1.807) is 16.8 Å². The van der Waals surface area contributed by atoms with Crippen LogP contribution in [-0.4, -0.2) is 53.1 Å². The Labute approximate surface area is 153 Å². The van der Waals surface area contributed by atoms with Crippen LogP contribution in [0.15, 0.2) is 30.3 Å². The monoisotopic (exact) mass is 359 g/mol. The zero-order chi connectivity index (χ0) is 18.7. The zero-order valence-electron chi connectivity index (χ0n) is 14.9. The first kappa shape index (κ1) is 18.2. The van der Waals surface area contributed by atoms with Gasteiger partial charge in [0.05, 0.1) is 0 Å². The smallest absolute Gasteiger partial charge is 0.405 e. The molecule has 3 rings (SSSR count). The lowest BCUT2D eigenvalue weighted by molar-refractivity contribution is -0.141. The van der Waals surface area contributed by atoms with Crippen LogP contribution in [-0.2, 0) is 9.59 Å². The van der Waals surface area contributed by atoms with Gasteiger partial charge in [-0.15, -0.1) is 0 Å². The summed E-state index contributed by atoms with van der Waals surface area (Å²) in [5.41, 5.74) is 0.778. The molecular formula is C19H25N3O4. The lowest BCUT2D eigenvalue weighted by Gasteiger charge is -2.36. The van der Waals surface area contributed by atoms with E-state index in [1.165, 1.54) is 0 Å². The third-order valence-electron chi connectivity index (χ3n) is 5.39. The highest BCUT2D eigenvalue weighted by Crippen LogP contribution is 2.32. The van der Waals surface area contributed by atoms with E-state index in [0.29, 0.717) is 12.8 Å². The Morgan fingerprint density at radius 1 is 1.12 bits per heavy atom. The minimum Gasteiger partial charge on any atom is -0.465 e. The van der Waals surface area contributed by atoms with Crippen molar-refractivity contribution in [2.24, 2.45) is 0 Å². The Morgan fingerprint density at radius 2 is 1.81 bits per heavy atom. The van der Waals surface area contributed by atoms with Gasteiger partial charge in [0.1, 0.15) is 12.1 Å². The molecule has 26 heavy (non-hydrogen) atoms.